The molecule has 17 heavy (non-hydrogen) atoms. The van der Waals surface area contributed by atoms with Crippen molar-refractivity contribution in [3.05, 3.63) is 35.6 Å². The molecule has 1 heterocycles. The molecule has 0 bridgehead atoms. The fraction of sp³-hybridized carbons (Fsp3) is 0.500. The molecule has 5 heteroatoms. The highest BCUT2D eigenvalue weighted by Gasteiger charge is 2.54. The minimum Gasteiger partial charge on any atom is -0.297 e. The van der Waals surface area contributed by atoms with Crippen molar-refractivity contribution in [1.82, 2.24) is 5.48 Å². The molecule has 1 aliphatic carbocycles. The van der Waals surface area contributed by atoms with E-state index in [-0.39, 0.29) is 24.6 Å². The number of halogens is 3. The van der Waals surface area contributed by atoms with Gasteiger partial charge in [-0.05, 0) is 6.07 Å². The van der Waals surface area contributed by atoms with E-state index in [1.54, 1.807) is 18.2 Å². The van der Waals surface area contributed by atoms with Gasteiger partial charge in [0, 0.05) is 24.3 Å². The van der Waals surface area contributed by atoms with Crippen LogP contribution in [0.4, 0.5) is 13.2 Å². The molecular formula is C12H12F3NO. The summed E-state index contributed by atoms with van der Waals surface area (Å²) in [5.41, 5.74) is 3.08. The lowest BCUT2D eigenvalue weighted by molar-refractivity contribution is -0.0417. The number of benzene rings is 1. The van der Waals surface area contributed by atoms with Crippen molar-refractivity contribution in [1.29, 1.82) is 0 Å². The maximum absolute atomic E-state index is 13.6. The van der Waals surface area contributed by atoms with Crippen molar-refractivity contribution >= 4 is 0 Å². The SMILES string of the molecule is Fc1ccccc1[C@H]1NO[C@@H]2CC(F)(F)C[C@H]12. The van der Waals surface area contributed by atoms with Crippen LogP contribution in [0.3, 0.4) is 0 Å². The molecule has 0 spiro atoms. The third-order valence-corrected chi connectivity index (χ3v) is 3.53. The lowest BCUT2D eigenvalue weighted by Crippen LogP contribution is -2.22. The number of rotatable bonds is 1. The number of hydroxylamine groups is 1. The molecule has 2 aliphatic rings. The Morgan fingerprint density at radius 1 is 1.24 bits per heavy atom. The van der Waals surface area contributed by atoms with Gasteiger partial charge in [-0.3, -0.25) is 4.84 Å². The standard InChI is InChI=1S/C12H12F3NO/c13-9-4-2-1-3-7(9)11-8-5-12(14,15)6-10(8)17-16-11/h1-4,8,10-11,16H,5-6H2/t8-,10+,11+/m0/s1. The molecule has 92 valence electrons. The van der Waals surface area contributed by atoms with Crippen LogP contribution in [-0.4, -0.2) is 12.0 Å². The van der Waals surface area contributed by atoms with Crippen LogP contribution in [-0.2, 0) is 4.84 Å². The van der Waals surface area contributed by atoms with Gasteiger partial charge in [-0.1, -0.05) is 18.2 Å². The van der Waals surface area contributed by atoms with Gasteiger partial charge in [0.05, 0.1) is 12.1 Å². The van der Waals surface area contributed by atoms with E-state index >= 15 is 0 Å². The normalized spacial score (nSPS) is 34.9. The van der Waals surface area contributed by atoms with Crippen molar-refractivity contribution in [2.24, 2.45) is 5.92 Å². The molecule has 0 aromatic heterocycles. The van der Waals surface area contributed by atoms with Crippen molar-refractivity contribution in [3.63, 3.8) is 0 Å². The monoisotopic (exact) mass is 243 g/mol. The van der Waals surface area contributed by atoms with E-state index in [9.17, 15) is 13.2 Å². The Balaban J connectivity index is 1.89. The maximum Gasteiger partial charge on any atom is 0.251 e. The zero-order chi connectivity index (χ0) is 12.0. The summed E-state index contributed by atoms with van der Waals surface area (Å²) in [4.78, 5) is 5.14. The predicted molar refractivity (Wildman–Crippen MR) is 54.8 cm³/mol. The molecule has 0 radical (unpaired) electrons. The second kappa shape index (κ2) is 3.71. The molecule has 0 amide bonds. The summed E-state index contributed by atoms with van der Waals surface area (Å²) < 4.78 is 40.1. The minimum absolute atomic E-state index is 0.246. The first-order valence-electron chi connectivity index (χ1n) is 5.60. The van der Waals surface area contributed by atoms with Crippen LogP contribution in [0.5, 0.6) is 0 Å². The lowest BCUT2D eigenvalue weighted by atomic mass is 9.91. The Bertz CT molecular complexity index is 438. The van der Waals surface area contributed by atoms with Crippen molar-refractivity contribution in [2.75, 3.05) is 0 Å². The molecule has 3 atom stereocenters. The van der Waals surface area contributed by atoms with Gasteiger partial charge < -0.3 is 0 Å². The first kappa shape index (κ1) is 11.0. The van der Waals surface area contributed by atoms with Crippen LogP contribution in [0, 0.1) is 11.7 Å². The molecular weight excluding hydrogens is 231 g/mol. The van der Waals surface area contributed by atoms with Gasteiger partial charge in [-0.15, -0.1) is 0 Å². The summed E-state index contributed by atoms with van der Waals surface area (Å²) >= 11 is 0. The summed E-state index contributed by atoms with van der Waals surface area (Å²) in [6.07, 6.45) is -1.05. The van der Waals surface area contributed by atoms with E-state index < -0.39 is 18.1 Å². The number of hydrogen-bond acceptors (Lipinski definition) is 2. The van der Waals surface area contributed by atoms with Crippen molar-refractivity contribution < 1.29 is 18.0 Å². The van der Waals surface area contributed by atoms with Crippen LogP contribution < -0.4 is 5.48 Å². The summed E-state index contributed by atoms with van der Waals surface area (Å²) in [7, 11) is 0. The van der Waals surface area contributed by atoms with E-state index in [0.717, 1.165) is 0 Å². The summed E-state index contributed by atoms with van der Waals surface area (Å²) in [6.45, 7) is 0. The van der Waals surface area contributed by atoms with Crippen molar-refractivity contribution in [2.45, 2.75) is 30.9 Å². The van der Waals surface area contributed by atoms with E-state index in [0.29, 0.717) is 5.56 Å². The highest BCUT2D eigenvalue weighted by atomic mass is 19.3. The molecule has 0 unspecified atom stereocenters. The molecule has 2 fully saturated rings. The van der Waals surface area contributed by atoms with Crippen LogP contribution in [0.2, 0.25) is 0 Å². The maximum atomic E-state index is 13.6. The average Bonchev–Trinajstić information content (AvgIpc) is 2.74. The smallest absolute Gasteiger partial charge is 0.251 e. The summed E-state index contributed by atoms with van der Waals surface area (Å²) in [5, 5.41) is 0. The fourth-order valence-electron chi connectivity index (χ4n) is 2.74. The summed E-state index contributed by atoms with van der Waals surface area (Å²) in [6, 6.07) is 5.73. The first-order valence-corrected chi connectivity index (χ1v) is 5.60. The molecule has 2 nitrogen and oxygen atoms in total. The molecule has 1 aromatic rings. The average molecular weight is 243 g/mol. The van der Waals surface area contributed by atoms with Crippen LogP contribution >= 0.6 is 0 Å². The van der Waals surface area contributed by atoms with E-state index in [4.69, 9.17) is 4.84 Å². The Hall–Kier alpha value is -1.07. The Kier molecular flexibility index (Phi) is 2.41. The van der Waals surface area contributed by atoms with E-state index in [1.807, 2.05) is 0 Å². The van der Waals surface area contributed by atoms with Crippen LogP contribution in [0.15, 0.2) is 24.3 Å². The Morgan fingerprint density at radius 3 is 2.76 bits per heavy atom. The summed E-state index contributed by atoms with van der Waals surface area (Å²) in [5.74, 6) is -3.44. The highest BCUT2D eigenvalue weighted by molar-refractivity contribution is 5.23. The van der Waals surface area contributed by atoms with Gasteiger partial charge in [0.1, 0.15) is 5.82 Å². The molecule has 1 aromatic carbocycles. The second-order valence-corrected chi connectivity index (χ2v) is 4.70. The molecule has 3 rings (SSSR count). The van der Waals surface area contributed by atoms with E-state index in [2.05, 4.69) is 5.48 Å². The van der Waals surface area contributed by atoms with Crippen LogP contribution in [0.25, 0.3) is 0 Å². The van der Waals surface area contributed by atoms with Gasteiger partial charge in [0.2, 0.25) is 0 Å². The number of nitrogens with one attached hydrogen (secondary N) is 1. The number of hydrogen-bond donors (Lipinski definition) is 1. The van der Waals surface area contributed by atoms with Gasteiger partial charge in [-0.2, -0.15) is 5.48 Å². The Morgan fingerprint density at radius 2 is 2.00 bits per heavy atom. The number of fused-ring (bicyclic) bond motifs is 1. The lowest BCUT2D eigenvalue weighted by Gasteiger charge is -2.17. The molecule has 1 N–H and O–H groups in total. The first-order chi connectivity index (χ1) is 8.07. The number of alkyl halides is 2. The zero-order valence-corrected chi connectivity index (χ0v) is 9.00. The Labute approximate surface area is 96.7 Å². The van der Waals surface area contributed by atoms with Gasteiger partial charge >= 0.3 is 0 Å². The highest BCUT2D eigenvalue weighted by Crippen LogP contribution is 2.49. The third-order valence-electron chi connectivity index (χ3n) is 3.53. The molecule has 1 saturated heterocycles. The fourth-order valence-corrected chi connectivity index (χ4v) is 2.74. The minimum atomic E-state index is -2.69. The second-order valence-electron chi connectivity index (χ2n) is 4.70. The third kappa shape index (κ3) is 1.83. The largest absolute Gasteiger partial charge is 0.297 e. The van der Waals surface area contributed by atoms with Crippen molar-refractivity contribution in [3.8, 4) is 0 Å². The molecule has 1 saturated carbocycles. The predicted octanol–water partition coefficient (Wildman–Crippen LogP) is 2.82. The van der Waals surface area contributed by atoms with Gasteiger partial charge in [0.15, 0.2) is 0 Å². The topological polar surface area (TPSA) is 21.3 Å². The zero-order valence-electron chi connectivity index (χ0n) is 9.00. The quantitative estimate of drug-likeness (QED) is 0.819. The molecule has 1 aliphatic heterocycles. The van der Waals surface area contributed by atoms with Gasteiger partial charge in [0.25, 0.3) is 5.92 Å². The van der Waals surface area contributed by atoms with Gasteiger partial charge in [-0.25, -0.2) is 13.2 Å². The van der Waals surface area contributed by atoms with Crippen LogP contribution in [0.1, 0.15) is 24.4 Å². The van der Waals surface area contributed by atoms with E-state index in [1.165, 1.54) is 6.07 Å².